The van der Waals surface area contributed by atoms with Gasteiger partial charge >= 0.3 is 11.9 Å². The second kappa shape index (κ2) is 15.4. The Labute approximate surface area is 157 Å². The van der Waals surface area contributed by atoms with E-state index in [1.165, 1.54) is 16.7 Å². The lowest BCUT2D eigenvalue weighted by Gasteiger charge is -2.04. The highest BCUT2D eigenvalue weighted by atomic mass is 16.5. The molecule has 0 aromatic carbocycles. The van der Waals surface area contributed by atoms with Gasteiger partial charge in [0.1, 0.15) is 13.2 Å². The van der Waals surface area contributed by atoms with Crippen molar-refractivity contribution in [3.63, 3.8) is 0 Å². The van der Waals surface area contributed by atoms with Gasteiger partial charge in [0.2, 0.25) is 0 Å². The average molecular weight is 366 g/mol. The molecule has 0 saturated carbocycles. The Kier molecular flexibility index (Phi) is 14.3. The standard InChI is InChI=1S/C21H34O5/c1-17(2)7-5-8-18(3)9-6-10-19(4)13-15-25-20(23)11-12-21(24)26-16-14-22/h7,9,13,22H,5-6,8,10-12,14-16H2,1-4H3. The summed E-state index contributed by atoms with van der Waals surface area (Å²) < 4.78 is 9.74. The summed E-state index contributed by atoms with van der Waals surface area (Å²) in [6, 6.07) is 0. The van der Waals surface area contributed by atoms with Gasteiger partial charge in [-0.05, 0) is 59.5 Å². The summed E-state index contributed by atoms with van der Waals surface area (Å²) in [5, 5.41) is 8.53. The van der Waals surface area contributed by atoms with E-state index >= 15 is 0 Å². The summed E-state index contributed by atoms with van der Waals surface area (Å²) in [6.45, 7) is 8.37. The molecule has 26 heavy (non-hydrogen) atoms. The molecule has 0 saturated heterocycles. The van der Waals surface area contributed by atoms with Crippen LogP contribution in [0.4, 0.5) is 0 Å². The fraction of sp³-hybridized carbons (Fsp3) is 0.619. The van der Waals surface area contributed by atoms with Crippen molar-refractivity contribution in [2.24, 2.45) is 0 Å². The quantitative estimate of drug-likeness (QED) is 0.389. The number of hydrogen-bond donors (Lipinski definition) is 1. The SMILES string of the molecule is CC(C)=CCCC(C)=CCCC(C)=CCOC(=O)CCC(=O)OCCO. The molecule has 0 bridgehead atoms. The van der Waals surface area contributed by atoms with Gasteiger partial charge in [-0.2, -0.15) is 0 Å². The van der Waals surface area contributed by atoms with Gasteiger partial charge in [-0.15, -0.1) is 0 Å². The molecule has 0 spiro atoms. The van der Waals surface area contributed by atoms with Gasteiger partial charge in [-0.3, -0.25) is 9.59 Å². The highest BCUT2D eigenvalue weighted by Gasteiger charge is 2.08. The lowest BCUT2D eigenvalue weighted by atomic mass is 10.1. The summed E-state index contributed by atoms with van der Waals surface area (Å²) >= 11 is 0. The summed E-state index contributed by atoms with van der Waals surface area (Å²) in [4.78, 5) is 22.7. The maximum absolute atomic E-state index is 11.5. The number of allylic oxidation sites excluding steroid dienone is 5. The molecule has 0 aliphatic heterocycles. The fourth-order valence-corrected chi connectivity index (χ4v) is 2.12. The van der Waals surface area contributed by atoms with Gasteiger partial charge in [0, 0.05) is 0 Å². The maximum atomic E-state index is 11.5. The van der Waals surface area contributed by atoms with Crippen molar-refractivity contribution in [3.8, 4) is 0 Å². The molecule has 0 aromatic rings. The largest absolute Gasteiger partial charge is 0.463 e. The van der Waals surface area contributed by atoms with Crippen molar-refractivity contribution in [2.45, 2.75) is 66.2 Å². The number of hydrogen-bond acceptors (Lipinski definition) is 5. The van der Waals surface area contributed by atoms with Crippen LogP contribution in [0.2, 0.25) is 0 Å². The Balaban J connectivity index is 3.91. The first kappa shape index (κ1) is 24.1. The van der Waals surface area contributed by atoms with Crippen LogP contribution in [0.15, 0.2) is 34.9 Å². The van der Waals surface area contributed by atoms with E-state index in [2.05, 4.69) is 37.7 Å². The second-order valence-corrected chi connectivity index (χ2v) is 6.59. The first-order chi connectivity index (χ1) is 12.3. The monoisotopic (exact) mass is 366 g/mol. The lowest BCUT2D eigenvalue weighted by Crippen LogP contribution is -2.12. The van der Waals surface area contributed by atoms with Crippen LogP contribution in [0.5, 0.6) is 0 Å². The fourth-order valence-electron chi connectivity index (χ4n) is 2.12. The van der Waals surface area contributed by atoms with Crippen LogP contribution in [-0.2, 0) is 19.1 Å². The van der Waals surface area contributed by atoms with E-state index in [0.29, 0.717) is 0 Å². The third kappa shape index (κ3) is 15.6. The smallest absolute Gasteiger partial charge is 0.306 e. The van der Waals surface area contributed by atoms with Crippen molar-refractivity contribution < 1.29 is 24.2 Å². The van der Waals surface area contributed by atoms with E-state index in [1.54, 1.807) is 0 Å². The highest BCUT2D eigenvalue weighted by Crippen LogP contribution is 2.11. The van der Waals surface area contributed by atoms with Crippen LogP contribution in [0.1, 0.15) is 66.2 Å². The van der Waals surface area contributed by atoms with Gasteiger partial charge in [0.15, 0.2) is 0 Å². The Morgan fingerprint density at radius 2 is 1.31 bits per heavy atom. The minimum Gasteiger partial charge on any atom is -0.463 e. The summed E-state index contributed by atoms with van der Waals surface area (Å²) in [5.74, 6) is -0.931. The van der Waals surface area contributed by atoms with Crippen LogP contribution >= 0.6 is 0 Å². The number of aliphatic hydroxyl groups is 1. The van der Waals surface area contributed by atoms with Crippen molar-refractivity contribution >= 4 is 11.9 Å². The molecule has 0 aromatic heterocycles. The molecule has 0 atom stereocenters. The molecule has 5 nitrogen and oxygen atoms in total. The first-order valence-electron chi connectivity index (χ1n) is 9.22. The molecule has 0 aliphatic rings. The molecule has 0 heterocycles. The molecule has 148 valence electrons. The zero-order valence-corrected chi connectivity index (χ0v) is 16.7. The number of carbonyl (C=O) groups excluding carboxylic acids is 2. The van der Waals surface area contributed by atoms with E-state index in [1.807, 2.05) is 13.0 Å². The molecule has 0 amide bonds. The van der Waals surface area contributed by atoms with Crippen molar-refractivity contribution in [2.75, 3.05) is 19.8 Å². The Hall–Kier alpha value is -1.88. The summed E-state index contributed by atoms with van der Waals surface area (Å²) in [7, 11) is 0. The Bertz CT molecular complexity index is 510. The van der Waals surface area contributed by atoms with Crippen molar-refractivity contribution in [1.29, 1.82) is 0 Å². The first-order valence-corrected chi connectivity index (χ1v) is 9.22. The number of ether oxygens (including phenoxy) is 2. The Morgan fingerprint density at radius 3 is 1.88 bits per heavy atom. The third-order valence-electron chi connectivity index (χ3n) is 3.69. The van der Waals surface area contributed by atoms with Crippen LogP contribution in [0.25, 0.3) is 0 Å². The predicted molar refractivity (Wildman–Crippen MR) is 104 cm³/mol. The third-order valence-corrected chi connectivity index (χ3v) is 3.69. The van der Waals surface area contributed by atoms with Crippen LogP contribution < -0.4 is 0 Å². The van der Waals surface area contributed by atoms with E-state index in [-0.39, 0.29) is 32.7 Å². The number of carbonyl (C=O) groups is 2. The average Bonchev–Trinajstić information content (AvgIpc) is 2.57. The van der Waals surface area contributed by atoms with Crippen molar-refractivity contribution in [1.82, 2.24) is 0 Å². The minimum atomic E-state index is -0.505. The molecule has 0 radical (unpaired) electrons. The van der Waals surface area contributed by atoms with E-state index in [4.69, 9.17) is 9.84 Å². The molecule has 0 aliphatic carbocycles. The highest BCUT2D eigenvalue weighted by molar-refractivity contribution is 5.77. The zero-order chi connectivity index (χ0) is 19.8. The van der Waals surface area contributed by atoms with Gasteiger partial charge < -0.3 is 14.6 Å². The maximum Gasteiger partial charge on any atom is 0.306 e. The van der Waals surface area contributed by atoms with Gasteiger partial charge in [-0.1, -0.05) is 28.9 Å². The molecular weight excluding hydrogens is 332 g/mol. The van der Waals surface area contributed by atoms with Crippen LogP contribution in [-0.4, -0.2) is 36.9 Å². The van der Waals surface area contributed by atoms with Gasteiger partial charge in [0.05, 0.1) is 19.4 Å². The zero-order valence-electron chi connectivity index (χ0n) is 16.7. The normalized spacial score (nSPS) is 11.9. The van der Waals surface area contributed by atoms with E-state index in [9.17, 15) is 9.59 Å². The lowest BCUT2D eigenvalue weighted by molar-refractivity contribution is -0.150. The predicted octanol–water partition coefficient (Wildman–Crippen LogP) is 4.26. The van der Waals surface area contributed by atoms with Gasteiger partial charge in [-0.25, -0.2) is 0 Å². The van der Waals surface area contributed by atoms with E-state index in [0.717, 1.165) is 25.7 Å². The second-order valence-electron chi connectivity index (χ2n) is 6.59. The molecule has 0 unspecified atom stereocenters. The molecule has 0 rings (SSSR count). The molecule has 5 heteroatoms. The van der Waals surface area contributed by atoms with Gasteiger partial charge in [0.25, 0.3) is 0 Å². The molecule has 0 fully saturated rings. The number of aliphatic hydroxyl groups excluding tert-OH is 1. The minimum absolute atomic E-state index is 0.00916. The summed E-state index contributed by atoms with van der Waals surface area (Å²) in [6.07, 6.45) is 10.5. The Morgan fingerprint density at radius 1 is 0.769 bits per heavy atom. The summed E-state index contributed by atoms with van der Waals surface area (Å²) in [5.41, 5.74) is 3.93. The molecular formula is C21H34O5. The van der Waals surface area contributed by atoms with Crippen LogP contribution in [0.3, 0.4) is 0 Å². The topological polar surface area (TPSA) is 72.8 Å². The van der Waals surface area contributed by atoms with E-state index < -0.39 is 11.9 Å². The number of esters is 2. The van der Waals surface area contributed by atoms with Crippen LogP contribution in [0, 0.1) is 0 Å². The van der Waals surface area contributed by atoms with Crippen molar-refractivity contribution in [3.05, 3.63) is 34.9 Å². The number of rotatable bonds is 13. The molecule has 1 N–H and O–H groups in total.